The highest BCUT2D eigenvalue weighted by molar-refractivity contribution is 8.00. The van der Waals surface area contributed by atoms with Gasteiger partial charge in [0.15, 0.2) is 6.61 Å². The maximum Gasteiger partial charge on any atom is 0.316 e. The van der Waals surface area contributed by atoms with E-state index >= 15 is 0 Å². The fourth-order valence-electron chi connectivity index (χ4n) is 1.99. The number of halogens is 2. The summed E-state index contributed by atoms with van der Waals surface area (Å²) in [5.41, 5.74) is 0.921. The van der Waals surface area contributed by atoms with Gasteiger partial charge < -0.3 is 15.4 Å². The van der Waals surface area contributed by atoms with E-state index in [1.165, 1.54) is 6.92 Å². The lowest BCUT2D eigenvalue weighted by atomic mass is 10.2. The van der Waals surface area contributed by atoms with E-state index in [0.717, 1.165) is 30.0 Å². The molecule has 142 valence electrons. The lowest BCUT2D eigenvalue weighted by molar-refractivity contribution is -0.144. The van der Waals surface area contributed by atoms with Crippen LogP contribution >= 0.6 is 11.8 Å². The van der Waals surface area contributed by atoms with E-state index in [1.54, 1.807) is 24.3 Å². The van der Waals surface area contributed by atoms with Crippen LogP contribution in [0.25, 0.3) is 0 Å². The third kappa shape index (κ3) is 7.06. The minimum atomic E-state index is -0.745. The molecule has 27 heavy (non-hydrogen) atoms. The Bertz CT molecular complexity index is 861. The summed E-state index contributed by atoms with van der Waals surface area (Å²) >= 11 is 0.771. The highest BCUT2D eigenvalue weighted by atomic mass is 32.2. The molecule has 2 rings (SSSR count). The number of benzene rings is 2. The lowest BCUT2D eigenvalue weighted by Gasteiger charge is -2.08. The number of carbonyl (C=O) groups excluding carboxylic acids is 3. The number of rotatable bonds is 7. The maximum absolute atomic E-state index is 13.5. The molecule has 0 saturated carbocycles. The van der Waals surface area contributed by atoms with Crippen molar-refractivity contribution in [3.63, 3.8) is 0 Å². The SMILES string of the molecule is CC(=O)Nc1cccc(NC(=O)COC(=O)CSc2cc(F)ccc2F)c1. The van der Waals surface area contributed by atoms with E-state index in [1.807, 2.05) is 0 Å². The monoisotopic (exact) mass is 394 g/mol. The van der Waals surface area contributed by atoms with E-state index in [9.17, 15) is 23.2 Å². The third-order valence-corrected chi connectivity index (χ3v) is 4.07. The van der Waals surface area contributed by atoms with Crippen molar-refractivity contribution in [1.82, 2.24) is 0 Å². The van der Waals surface area contributed by atoms with Gasteiger partial charge in [-0.3, -0.25) is 14.4 Å². The number of thioether (sulfide) groups is 1. The van der Waals surface area contributed by atoms with Crippen LogP contribution < -0.4 is 10.6 Å². The molecular formula is C18H16F2N2O4S. The second kappa shape index (κ2) is 9.67. The van der Waals surface area contributed by atoms with Crippen LogP contribution in [0.4, 0.5) is 20.2 Å². The van der Waals surface area contributed by atoms with Crippen LogP contribution in [0.1, 0.15) is 6.92 Å². The zero-order chi connectivity index (χ0) is 19.8. The Morgan fingerprint density at radius 3 is 2.44 bits per heavy atom. The fraction of sp³-hybridized carbons (Fsp3) is 0.167. The Labute approximate surface area is 158 Å². The number of ether oxygens (including phenoxy) is 1. The molecule has 0 fully saturated rings. The van der Waals surface area contributed by atoms with Gasteiger partial charge in [0.05, 0.1) is 5.75 Å². The smallest absolute Gasteiger partial charge is 0.316 e. The van der Waals surface area contributed by atoms with Crippen molar-refractivity contribution in [2.24, 2.45) is 0 Å². The Kier molecular flexibility index (Phi) is 7.30. The van der Waals surface area contributed by atoms with Crippen molar-refractivity contribution in [2.75, 3.05) is 23.0 Å². The minimum Gasteiger partial charge on any atom is -0.455 e. The topological polar surface area (TPSA) is 84.5 Å². The maximum atomic E-state index is 13.5. The van der Waals surface area contributed by atoms with Gasteiger partial charge in [-0.1, -0.05) is 6.07 Å². The second-order valence-electron chi connectivity index (χ2n) is 5.33. The first-order chi connectivity index (χ1) is 12.8. The average molecular weight is 394 g/mol. The molecule has 2 aromatic carbocycles. The summed E-state index contributed by atoms with van der Waals surface area (Å²) in [6.45, 7) is 0.827. The zero-order valence-electron chi connectivity index (χ0n) is 14.3. The molecule has 0 aliphatic heterocycles. The molecule has 9 heteroatoms. The predicted molar refractivity (Wildman–Crippen MR) is 97.4 cm³/mol. The normalized spacial score (nSPS) is 10.2. The number of amides is 2. The molecule has 2 aromatic rings. The quantitative estimate of drug-likeness (QED) is 0.557. The van der Waals surface area contributed by atoms with Crippen LogP contribution in [0, 0.1) is 11.6 Å². The highest BCUT2D eigenvalue weighted by Gasteiger charge is 2.11. The first-order valence-corrected chi connectivity index (χ1v) is 8.73. The van der Waals surface area contributed by atoms with Crippen molar-refractivity contribution in [3.05, 3.63) is 54.1 Å². The van der Waals surface area contributed by atoms with Gasteiger partial charge in [-0.15, -0.1) is 11.8 Å². The van der Waals surface area contributed by atoms with Crippen molar-refractivity contribution in [3.8, 4) is 0 Å². The Morgan fingerprint density at radius 1 is 1.04 bits per heavy atom. The van der Waals surface area contributed by atoms with Crippen LogP contribution in [0.2, 0.25) is 0 Å². The summed E-state index contributed by atoms with van der Waals surface area (Å²) < 4.78 is 31.3. The van der Waals surface area contributed by atoms with Gasteiger partial charge in [0.1, 0.15) is 11.6 Å². The zero-order valence-corrected chi connectivity index (χ0v) is 15.1. The fourth-order valence-corrected chi connectivity index (χ4v) is 2.75. The molecule has 2 N–H and O–H groups in total. The first kappa shape index (κ1) is 20.4. The molecule has 0 unspecified atom stereocenters. The summed E-state index contributed by atoms with van der Waals surface area (Å²) in [6.07, 6.45) is 0. The molecule has 0 heterocycles. The van der Waals surface area contributed by atoms with Gasteiger partial charge in [-0.25, -0.2) is 8.78 Å². The van der Waals surface area contributed by atoms with Crippen molar-refractivity contribution < 1.29 is 27.9 Å². The van der Waals surface area contributed by atoms with E-state index in [2.05, 4.69) is 10.6 Å². The number of hydrogen-bond acceptors (Lipinski definition) is 5. The third-order valence-electron chi connectivity index (χ3n) is 3.07. The molecule has 0 aliphatic rings. The van der Waals surface area contributed by atoms with Gasteiger partial charge in [0.25, 0.3) is 5.91 Å². The van der Waals surface area contributed by atoms with E-state index in [-0.39, 0.29) is 16.6 Å². The second-order valence-corrected chi connectivity index (χ2v) is 6.35. The summed E-state index contributed by atoms with van der Waals surface area (Å²) in [7, 11) is 0. The molecule has 0 spiro atoms. The van der Waals surface area contributed by atoms with Gasteiger partial charge in [0.2, 0.25) is 5.91 Å². The first-order valence-electron chi connectivity index (χ1n) is 7.74. The van der Waals surface area contributed by atoms with E-state index in [0.29, 0.717) is 11.4 Å². The molecule has 0 saturated heterocycles. The summed E-state index contributed by atoms with van der Waals surface area (Å²) in [5, 5.41) is 5.09. The highest BCUT2D eigenvalue weighted by Crippen LogP contribution is 2.22. The van der Waals surface area contributed by atoms with E-state index < -0.39 is 30.1 Å². The Balaban J connectivity index is 1.78. The van der Waals surface area contributed by atoms with Gasteiger partial charge >= 0.3 is 5.97 Å². The van der Waals surface area contributed by atoms with Crippen molar-refractivity contribution >= 4 is 40.9 Å². The van der Waals surface area contributed by atoms with Gasteiger partial charge in [-0.05, 0) is 36.4 Å². The molecular weight excluding hydrogens is 378 g/mol. The number of nitrogens with one attached hydrogen (secondary N) is 2. The summed E-state index contributed by atoms with van der Waals surface area (Å²) in [4.78, 5) is 34.5. The minimum absolute atomic E-state index is 0.0220. The molecule has 0 aromatic heterocycles. The molecule has 6 nitrogen and oxygen atoms in total. The largest absolute Gasteiger partial charge is 0.455 e. The molecule has 0 atom stereocenters. The number of anilines is 2. The van der Waals surface area contributed by atoms with Crippen LogP contribution in [0.15, 0.2) is 47.4 Å². The van der Waals surface area contributed by atoms with Gasteiger partial charge in [0, 0.05) is 23.2 Å². The standard InChI is InChI=1S/C18H16F2N2O4S/c1-11(23)21-13-3-2-4-14(8-13)22-17(24)9-26-18(25)10-27-16-7-12(19)5-6-15(16)20/h2-8H,9-10H2,1H3,(H,21,23)(H,22,24). The molecule has 2 amide bonds. The Morgan fingerprint density at radius 2 is 1.74 bits per heavy atom. The number of esters is 1. The summed E-state index contributed by atoms with van der Waals surface area (Å²) in [5.74, 6) is -3.11. The lowest BCUT2D eigenvalue weighted by Crippen LogP contribution is -2.21. The number of hydrogen-bond donors (Lipinski definition) is 2. The van der Waals surface area contributed by atoms with Crippen molar-refractivity contribution in [1.29, 1.82) is 0 Å². The van der Waals surface area contributed by atoms with Crippen LogP contribution in [-0.4, -0.2) is 30.1 Å². The Hall–Kier alpha value is -2.94. The van der Waals surface area contributed by atoms with Crippen molar-refractivity contribution in [2.45, 2.75) is 11.8 Å². The van der Waals surface area contributed by atoms with Gasteiger partial charge in [-0.2, -0.15) is 0 Å². The van der Waals surface area contributed by atoms with Crippen LogP contribution in [-0.2, 0) is 19.1 Å². The average Bonchev–Trinajstić information content (AvgIpc) is 2.60. The predicted octanol–water partition coefficient (Wildman–Crippen LogP) is 3.20. The molecule has 0 aliphatic carbocycles. The van der Waals surface area contributed by atoms with Crippen LogP contribution in [0.5, 0.6) is 0 Å². The molecule has 0 bridgehead atoms. The van der Waals surface area contributed by atoms with E-state index in [4.69, 9.17) is 4.74 Å². The molecule has 0 radical (unpaired) electrons. The summed E-state index contributed by atoms with van der Waals surface area (Å²) in [6, 6.07) is 9.35. The number of carbonyl (C=O) groups is 3. The van der Waals surface area contributed by atoms with Crippen LogP contribution in [0.3, 0.4) is 0 Å².